The number of nitrogens with zero attached hydrogens (tertiary/aromatic N) is 4. The minimum atomic E-state index is -1.59. The highest BCUT2D eigenvalue weighted by molar-refractivity contribution is 5.72. The highest BCUT2D eigenvalue weighted by Gasteiger charge is 2.48. The molecule has 0 aliphatic carbocycles. The Labute approximate surface area is 119 Å². The van der Waals surface area contributed by atoms with E-state index in [4.69, 9.17) is 20.1 Å². The first-order chi connectivity index (χ1) is 9.93. The molecule has 21 heavy (non-hydrogen) atoms. The first-order valence-electron chi connectivity index (χ1n) is 6.17. The lowest BCUT2D eigenvalue weighted by atomic mass is 9.96. The smallest absolute Gasteiger partial charge is 0.243 e. The lowest BCUT2D eigenvalue weighted by molar-refractivity contribution is -0.313. The second kappa shape index (κ2) is 8.10. The van der Waals surface area contributed by atoms with E-state index < -0.39 is 43.2 Å². The molecule has 5 atom stereocenters. The fraction of sp³-hybridized carbons (Fsp3) is 0.900. The van der Waals surface area contributed by atoms with Gasteiger partial charge in [-0.3, -0.25) is 10.0 Å². The molecule has 0 unspecified atom stereocenters. The van der Waals surface area contributed by atoms with Gasteiger partial charge in [0.15, 0.2) is 6.29 Å². The second-order valence-corrected chi connectivity index (χ2v) is 4.39. The molecular formula is C10H18N4O7. The molecule has 0 radical (unpaired) electrons. The number of hydrogen-bond acceptors (Lipinski definition) is 8. The van der Waals surface area contributed by atoms with Gasteiger partial charge in [0, 0.05) is 18.4 Å². The van der Waals surface area contributed by atoms with Gasteiger partial charge in [-0.1, -0.05) is 5.11 Å². The summed E-state index contributed by atoms with van der Waals surface area (Å²) < 4.78 is 10.4. The third-order valence-corrected chi connectivity index (χ3v) is 2.99. The van der Waals surface area contributed by atoms with Crippen molar-refractivity contribution in [1.82, 2.24) is 5.06 Å². The maximum atomic E-state index is 11.2. The van der Waals surface area contributed by atoms with Crippen molar-refractivity contribution >= 4 is 5.91 Å². The third kappa shape index (κ3) is 4.25. The number of amides is 1. The molecule has 0 aromatic carbocycles. The molecule has 11 nitrogen and oxygen atoms in total. The van der Waals surface area contributed by atoms with E-state index in [1.54, 1.807) is 0 Å². The predicted octanol–water partition coefficient (Wildman–Crippen LogP) is -1.64. The number of aliphatic hydroxyl groups is 3. The van der Waals surface area contributed by atoms with E-state index in [1.165, 1.54) is 0 Å². The first-order valence-corrected chi connectivity index (χ1v) is 6.17. The molecule has 1 fully saturated rings. The summed E-state index contributed by atoms with van der Waals surface area (Å²) in [5.41, 5.74) is 8.15. The summed E-state index contributed by atoms with van der Waals surface area (Å²) in [5, 5.41) is 41.9. The van der Waals surface area contributed by atoms with Crippen LogP contribution in [0.4, 0.5) is 0 Å². The number of carbonyl (C=O) groups is 1. The van der Waals surface area contributed by atoms with Crippen molar-refractivity contribution in [2.75, 3.05) is 19.8 Å². The van der Waals surface area contributed by atoms with Crippen molar-refractivity contribution in [2.45, 2.75) is 37.6 Å². The second-order valence-electron chi connectivity index (χ2n) is 4.39. The first kappa shape index (κ1) is 17.6. The Bertz CT molecular complexity index is 403. The van der Waals surface area contributed by atoms with Gasteiger partial charge in [0.25, 0.3) is 0 Å². The molecule has 0 saturated carbocycles. The normalized spacial score (nSPS) is 32.3. The highest BCUT2D eigenvalue weighted by Crippen LogP contribution is 2.25. The zero-order valence-electron chi connectivity index (χ0n) is 11.3. The van der Waals surface area contributed by atoms with E-state index in [-0.39, 0.29) is 18.2 Å². The third-order valence-electron chi connectivity index (χ3n) is 2.99. The van der Waals surface area contributed by atoms with Gasteiger partial charge in [-0.25, -0.2) is 5.06 Å². The molecule has 0 spiro atoms. The van der Waals surface area contributed by atoms with E-state index in [0.29, 0.717) is 0 Å². The molecule has 0 aromatic rings. The van der Waals surface area contributed by atoms with Gasteiger partial charge < -0.3 is 24.8 Å². The van der Waals surface area contributed by atoms with Crippen LogP contribution in [-0.2, 0) is 14.3 Å². The summed E-state index contributed by atoms with van der Waals surface area (Å²) in [6, 6.07) is -1.38. The van der Waals surface area contributed by atoms with Crippen molar-refractivity contribution in [2.24, 2.45) is 5.11 Å². The van der Waals surface area contributed by atoms with Gasteiger partial charge in [-0.2, -0.15) is 0 Å². The van der Waals surface area contributed by atoms with Crippen molar-refractivity contribution in [1.29, 1.82) is 0 Å². The van der Waals surface area contributed by atoms with Crippen LogP contribution in [0.3, 0.4) is 0 Å². The van der Waals surface area contributed by atoms with E-state index >= 15 is 0 Å². The quantitative estimate of drug-likeness (QED) is 0.114. The van der Waals surface area contributed by atoms with Crippen LogP contribution in [0.15, 0.2) is 5.11 Å². The zero-order chi connectivity index (χ0) is 16.0. The summed E-state index contributed by atoms with van der Waals surface area (Å²) in [6.45, 7) is 0.329. The van der Waals surface area contributed by atoms with Gasteiger partial charge in [-0.15, -0.1) is 0 Å². The number of aliphatic hydroxyl groups excluding tert-OH is 3. The lowest BCUT2D eigenvalue weighted by Gasteiger charge is -2.44. The summed E-state index contributed by atoms with van der Waals surface area (Å²) in [4.78, 5) is 13.7. The van der Waals surface area contributed by atoms with Crippen LogP contribution in [0.5, 0.6) is 0 Å². The Hall–Kier alpha value is -1.46. The monoisotopic (exact) mass is 306 g/mol. The average molecular weight is 306 g/mol. The summed E-state index contributed by atoms with van der Waals surface area (Å²) in [5.74, 6) is -0.791. The zero-order valence-corrected chi connectivity index (χ0v) is 11.3. The Balaban J connectivity index is 2.84. The van der Waals surface area contributed by atoms with Gasteiger partial charge in [0.1, 0.15) is 24.4 Å². The van der Waals surface area contributed by atoms with Crippen LogP contribution in [0.2, 0.25) is 0 Å². The van der Waals surface area contributed by atoms with Crippen molar-refractivity contribution < 1.29 is 34.8 Å². The number of hydroxylamine groups is 2. The lowest BCUT2D eigenvalue weighted by Crippen LogP contribution is -2.65. The molecule has 1 aliphatic heterocycles. The molecule has 1 rings (SSSR count). The van der Waals surface area contributed by atoms with Gasteiger partial charge in [-0.05, 0) is 5.53 Å². The molecule has 1 aliphatic rings. The maximum Gasteiger partial charge on any atom is 0.243 e. The van der Waals surface area contributed by atoms with Crippen LogP contribution in [0, 0.1) is 0 Å². The number of carbonyl (C=O) groups excluding carboxylic acids is 1. The predicted molar refractivity (Wildman–Crippen MR) is 65.8 cm³/mol. The van der Waals surface area contributed by atoms with Crippen LogP contribution in [0.25, 0.3) is 10.4 Å². The molecule has 0 bridgehead atoms. The van der Waals surface area contributed by atoms with Gasteiger partial charge >= 0.3 is 0 Å². The number of azide groups is 1. The largest absolute Gasteiger partial charge is 0.394 e. The SMILES string of the molecule is CC(=O)N(O)[C@H]1[C@H](OCCN=[N+]=[N-])O[C@H](CO)[C@@H](O)[C@@H]1O. The van der Waals surface area contributed by atoms with Crippen LogP contribution in [-0.4, -0.2) is 81.9 Å². The molecule has 0 aromatic heterocycles. The highest BCUT2D eigenvalue weighted by atomic mass is 16.7. The minimum Gasteiger partial charge on any atom is -0.394 e. The fourth-order valence-electron chi connectivity index (χ4n) is 1.93. The number of rotatable bonds is 6. The van der Waals surface area contributed by atoms with Crippen molar-refractivity contribution in [3.8, 4) is 0 Å². The van der Waals surface area contributed by atoms with E-state index in [9.17, 15) is 20.2 Å². The van der Waals surface area contributed by atoms with Crippen molar-refractivity contribution in [3.05, 3.63) is 10.4 Å². The standard InChI is InChI=1S/C10H18N4O7/c1-5(16)14(19)7-9(18)8(17)6(4-15)21-10(7)20-3-2-12-13-11/h6-10,15,17-19H,2-4H2,1H3/t6-,7-,8-,9-,10-/m1/s1. The van der Waals surface area contributed by atoms with Gasteiger partial charge in [0.2, 0.25) is 5.91 Å². The molecule has 4 N–H and O–H groups in total. The Morgan fingerprint density at radius 2 is 2.14 bits per heavy atom. The molecule has 1 heterocycles. The summed E-state index contributed by atoms with van der Waals surface area (Å²) in [6.07, 6.45) is -5.54. The molecule has 1 amide bonds. The van der Waals surface area contributed by atoms with Crippen LogP contribution < -0.4 is 0 Å². The van der Waals surface area contributed by atoms with E-state index in [2.05, 4.69) is 10.0 Å². The maximum absolute atomic E-state index is 11.2. The number of ether oxygens (including phenoxy) is 2. The average Bonchev–Trinajstić information content (AvgIpc) is 2.46. The van der Waals surface area contributed by atoms with Crippen molar-refractivity contribution in [3.63, 3.8) is 0 Å². The Morgan fingerprint density at radius 3 is 2.67 bits per heavy atom. The summed E-state index contributed by atoms with van der Waals surface area (Å²) >= 11 is 0. The fourth-order valence-corrected chi connectivity index (χ4v) is 1.93. The molecule has 120 valence electrons. The van der Waals surface area contributed by atoms with Gasteiger partial charge in [0.05, 0.1) is 13.2 Å². The molecule has 1 saturated heterocycles. The van der Waals surface area contributed by atoms with E-state index in [0.717, 1.165) is 6.92 Å². The number of hydrogen-bond donors (Lipinski definition) is 4. The Morgan fingerprint density at radius 1 is 1.48 bits per heavy atom. The molecule has 11 heteroatoms. The topological polar surface area (TPSA) is 168 Å². The van der Waals surface area contributed by atoms with E-state index in [1.807, 2.05) is 0 Å². The van der Waals surface area contributed by atoms with Crippen LogP contribution >= 0.6 is 0 Å². The Kier molecular flexibility index (Phi) is 6.78. The van der Waals surface area contributed by atoms with Crippen LogP contribution in [0.1, 0.15) is 6.92 Å². The summed E-state index contributed by atoms with van der Waals surface area (Å²) in [7, 11) is 0. The molecular weight excluding hydrogens is 288 g/mol. The minimum absolute atomic E-state index is 0.0307.